The monoisotopic (exact) mass is 419 g/mol. The van der Waals surface area contributed by atoms with E-state index in [9.17, 15) is 13.2 Å². The molecule has 0 saturated heterocycles. The van der Waals surface area contributed by atoms with E-state index in [1.54, 1.807) is 29.5 Å². The van der Waals surface area contributed by atoms with Crippen molar-refractivity contribution in [2.75, 3.05) is 6.26 Å². The van der Waals surface area contributed by atoms with E-state index in [1.807, 2.05) is 23.6 Å². The molecule has 0 saturated carbocycles. The van der Waals surface area contributed by atoms with Crippen molar-refractivity contribution >= 4 is 38.1 Å². The maximum atomic E-state index is 13.2. The first-order valence-corrected chi connectivity index (χ1v) is 12.3. The number of sulfone groups is 1. The first kappa shape index (κ1) is 20.6. The highest BCUT2D eigenvalue weighted by Crippen LogP contribution is 2.32. The Bertz CT molecular complexity index is 1050. The smallest absolute Gasteiger partial charge is 0.287 e. The average molecular weight is 420 g/mol. The van der Waals surface area contributed by atoms with Crippen molar-refractivity contribution in [3.05, 3.63) is 58.0 Å². The molecule has 7 heteroatoms. The molecular weight excluding hydrogens is 394 g/mol. The lowest BCUT2D eigenvalue weighted by Gasteiger charge is -2.25. The van der Waals surface area contributed by atoms with Gasteiger partial charge in [0.25, 0.3) is 5.91 Å². The summed E-state index contributed by atoms with van der Waals surface area (Å²) in [6.45, 7) is 4.22. The third-order valence-electron chi connectivity index (χ3n) is 4.97. The van der Waals surface area contributed by atoms with Crippen LogP contribution >= 0.6 is 11.3 Å². The predicted octanol–water partition coefficient (Wildman–Crippen LogP) is 4.95. The fourth-order valence-corrected chi connectivity index (χ4v) is 5.22. The number of furan rings is 1. The summed E-state index contributed by atoms with van der Waals surface area (Å²) >= 11 is 1.61. The van der Waals surface area contributed by atoms with Crippen LogP contribution in [0.4, 0.5) is 0 Å². The second kappa shape index (κ2) is 8.49. The van der Waals surface area contributed by atoms with Crippen molar-refractivity contribution in [3.63, 3.8) is 0 Å². The molecule has 1 unspecified atom stereocenters. The Morgan fingerprint density at radius 3 is 2.46 bits per heavy atom. The summed E-state index contributed by atoms with van der Waals surface area (Å²) in [7, 11) is -3.33. The zero-order valence-electron chi connectivity index (χ0n) is 16.3. The van der Waals surface area contributed by atoms with Crippen LogP contribution in [0.3, 0.4) is 0 Å². The molecular formula is C21H25NO4S2. The molecule has 3 aromatic rings. The Hall–Kier alpha value is -2.12. The van der Waals surface area contributed by atoms with E-state index in [0.717, 1.165) is 24.0 Å². The van der Waals surface area contributed by atoms with E-state index in [2.05, 4.69) is 19.2 Å². The minimum atomic E-state index is -3.33. The van der Waals surface area contributed by atoms with Gasteiger partial charge in [-0.1, -0.05) is 51.0 Å². The van der Waals surface area contributed by atoms with Gasteiger partial charge in [0.1, 0.15) is 5.58 Å². The Morgan fingerprint density at radius 2 is 1.86 bits per heavy atom. The van der Waals surface area contributed by atoms with Crippen LogP contribution in [-0.2, 0) is 15.6 Å². The number of carbonyl (C=O) groups is 1. The first-order valence-electron chi connectivity index (χ1n) is 9.36. The highest BCUT2D eigenvalue weighted by molar-refractivity contribution is 7.89. The first-order chi connectivity index (χ1) is 13.3. The Labute approximate surface area is 169 Å². The molecule has 1 N–H and O–H groups in total. The summed E-state index contributed by atoms with van der Waals surface area (Å²) in [4.78, 5) is 14.3. The van der Waals surface area contributed by atoms with Gasteiger partial charge < -0.3 is 9.73 Å². The number of fused-ring (bicyclic) bond motifs is 1. The van der Waals surface area contributed by atoms with Gasteiger partial charge >= 0.3 is 0 Å². The van der Waals surface area contributed by atoms with Gasteiger partial charge in [0.2, 0.25) is 0 Å². The van der Waals surface area contributed by atoms with E-state index in [1.165, 1.54) is 0 Å². The van der Waals surface area contributed by atoms with Gasteiger partial charge in [0.15, 0.2) is 15.6 Å². The molecule has 1 amide bonds. The molecule has 2 aromatic heterocycles. The molecule has 0 aliphatic rings. The fraction of sp³-hybridized carbons (Fsp3) is 0.381. The van der Waals surface area contributed by atoms with E-state index >= 15 is 0 Å². The molecule has 0 spiro atoms. The van der Waals surface area contributed by atoms with Gasteiger partial charge in [-0.3, -0.25) is 4.79 Å². The predicted molar refractivity (Wildman–Crippen MR) is 113 cm³/mol. The highest BCUT2D eigenvalue weighted by Gasteiger charge is 2.28. The molecule has 5 nitrogen and oxygen atoms in total. The van der Waals surface area contributed by atoms with Crippen LogP contribution in [0.15, 0.2) is 46.2 Å². The number of hydrogen-bond donors (Lipinski definition) is 1. The minimum Gasteiger partial charge on any atom is -0.451 e. The number of thiophene rings is 1. The number of benzene rings is 1. The van der Waals surface area contributed by atoms with E-state index in [0.29, 0.717) is 16.5 Å². The van der Waals surface area contributed by atoms with Crippen LogP contribution in [0, 0.1) is 5.92 Å². The zero-order chi connectivity index (χ0) is 20.3. The van der Waals surface area contributed by atoms with Crippen molar-refractivity contribution < 1.29 is 17.6 Å². The second-order valence-electron chi connectivity index (χ2n) is 7.02. The molecule has 3 rings (SSSR count). The summed E-state index contributed by atoms with van der Waals surface area (Å²) in [6.07, 6.45) is 3.01. The largest absolute Gasteiger partial charge is 0.451 e. The number of para-hydroxylation sites is 1. The molecule has 0 aliphatic heterocycles. The zero-order valence-corrected chi connectivity index (χ0v) is 17.9. The third-order valence-corrected chi connectivity index (χ3v) is 6.74. The van der Waals surface area contributed by atoms with E-state index < -0.39 is 9.84 Å². The number of nitrogens with one attached hydrogen (secondary N) is 1. The lowest BCUT2D eigenvalue weighted by molar-refractivity contribution is 0.0893. The fourth-order valence-electron chi connectivity index (χ4n) is 3.54. The molecule has 150 valence electrons. The van der Waals surface area contributed by atoms with Crippen LogP contribution in [0.2, 0.25) is 0 Å². The van der Waals surface area contributed by atoms with Crippen LogP contribution in [0.25, 0.3) is 11.0 Å². The Kier molecular flexibility index (Phi) is 6.25. The van der Waals surface area contributed by atoms with Crippen molar-refractivity contribution in [3.8, 4) is 0 Å². The SMILES string of the molecule is CCC(CC)C(NC(=O)c1oc2ccccc2c1CS(C)(=O)=O)c1cccs1. The van der Waals surface area contributed by atoms with Gasteiger partial charge in [-0.2, -0.15) is 0 Å². The lowest BCUT2D eigenvalue weighted by atomic mass is 9.93. The molecule has 0 aliphatic carbocycles. The standard InChI is InChI=1S/C21H25NO4S2/c1-4-14(5-2)19(18-11-8-12-27-18)22-21(23)20-16(13-28(3,24)25)15-9-6-7-10-17(15)26-20/h6-12,14,19H,4-5,13H2,1-3H3,(H,22,23). The summed E-state index contributed by atoms with van der Waals surface area (Å²) in [5.74, 6) is -0.244. The van der Waals surface area contributed by atoms with E-state index in [-0.39, 0.29) is 29.4 Å². The summed E-state index contributed by atoms with van der Waals surface area (Å²) in [5, 5.41) is 5.76. The van der Waals surface area contributed by atoms with Crippen molar-refractivity contribution in [1.29, 1.82) is 0 Å². The van der Waals surface area contributed by atoms with Crippen molar-refractivity contribution in [2.24, 2.45) is 5.92 Å². The maximum Gasteiger partial charge on any atom is 0.287 e. The lowest BCUT2D eigenvalue weighted by Crippen LogP contribution is -2.33. The maximum absolute atomic E-state index is 13.2. The van der Waals surface area contributed by atoms with Gasteiger partial charge in [0.05, 0.1) is 11.8 Å². The van der Waals surface area contributed by atoms with E-state index in [4.69, 9.17) is 4.42 Å². The van der Waals surface area contributed by atoms with Crippen molar-refractivity contribution in [2.45, 2.75) is 38.5 Å². The normalized spacial score (nSPS) is 13.1. The van der Waals surface area contributed by atoms with Gasteiger partial charge in [-0.05, 0) is 23.4 Å². The molecule has 0 bridgehead atoms. The molecule has 2 heterocycles. The third kappa shape index (κ3) is 4.47. The Morgan fingerprint density at radius 1 is 1.14 bits per heavy atom. The van der Waals surface area contributed by atoms with Gasteiger partial charge in [-0.15, -0.1) is 11.3 Å². The van der Waals surface area contributed by atoms with Crippen LogP contribution in [0.5, 0.6) is 0 Å². The summed E-state index contributed by atoms with van der Waals surface area (Å²) in [6, 6.07) is 11.0. The van der Waals surface area contributed by atoms with Crippen LogP contribution < -0.4 is 5.32 Å². The number of rotatable bonds is 8. The minimum absolute atomic E-state index is 0.0825. The highest BCUT2D eigenvalue weighted by atomic mass is 32.2. The molecule has 1 atom stereocenters. The van der Waals surface area contributed by atoms with Crippen LogP contribution in [0.1, 0.15) is 53.7 Å². The van der Waals surface area contributed by atoms with Crippen LogP contribution in [-0.4, -0.2) is 20.6 Å². The van der Waals surface area contributed by atoms with Crippen molar-refractivity contribution in [1.82, 2.24) is 5.32 Å². The quantitative estimate of drug-likeness (QED) is 0.561. The topological polar surface area (TPSA) is 76.4 Å². The Balaban J connectivity index is 2.01. The molecule has 0 fully saturated rings. The number of amides is 1. The number of hydrogen-bond acceptors (Lipinski definition) is 5. The van der Waals surface area contributed by atoms with Gasteiger partial charge in [0, 0.05) is 22.1 Å². The molecule has 1 aromatic carbocycles. The summed E-state index contributed by atoms with van der Waals surface area (Å²) < 4.78 is 29.7. The van der Waals surface area contributed by atoms with Gasteiger partial charge in [-0.25, -0.2) is 8.42 Å². The second-order valence-corrected chi connectivity index (χ2v) is 10.1. The number of carbonyl (C=O) groups excluding carboxylic acids is 1. The molecule has 28 heavy (non-hydrogen) atoms. The average Bonchev–Trinajstić information content (AvgIpc) is 3.29. The molecule has 0 radical (unpaired) electrons. The summed E-state index contributed by atoms with van der Waals surface area (Å²) in [5.41, 5.74) is 0.937.